The van der Waals surface area contributed by atoms with E-state index in [9.17, 15) is 4.79 Å². The second-order valence-electron chi connectivity index (χ2n) is 4.22. The molecule has 0 bridgehead atoms. The molecule has 0 unspecified atom stereocenters. The molecule has 1 heterocycles. The van der Waals surface area contributed by atoms with Gasteiger partial charge in [-0.3, -0.25) is 0 Å². The Balaban J connectivity index is 1.82. The van der Waals surface area contributed by atoms with Crippen molar-refractivity contribution in [2.24, 2.45) is 5.92 Å². The Morgan fingerprint density at radius 3 is 2.43 bits per heavy atom. The monoisotopic (exact) mass is 199 g/mol. The fourth-order valence-electron chi connectivity index (χ4n) is 1.98. The summed E-state index contributed by atoms with van der Waals surface area (Å²) < 4.78 is 5.25. The van der Waals surface area contributed by atoms with E-state index in [4.69, 9.17) is 9.84 Å². The SMILES string of the molecule is O=C(O)N(CC1CCOCC1)C1CC1. The summed E-state index contributed by atoms with van der Waals surface area (Å²) >= 11 is 0. The third-order valence-electron chi connectivity index (χ3n) is 3.03. The van der Waals surface area contributed by atoms with Crippen molar-refractivity contribution in [1.82, 2.24) is 4.90 Å². The minimum absolute atomic E-state index is 0.315. The van der Waals surface area contributed by atoms with Crippen LogP contribution in [0.15, 0.2) is 0 Å². The van der Waals surface area contributed by atoms with Crippen molar-refractivity contribution in [3.8, 4) is 0 Å². The molecule has 1 N–H and O–H groups in total. The van der Waals surface area contributed by atoms with E-state index in [0.717, 1.165) is 38.9 Å². The van der Waals surface area contributed by atoms with Gasteiger partial charge in [-0.05, 0) is 31.6 Å². The molecule has 1 saturated carbocycles. The highest BCUT2D eigenvalue weighted by Crippen LogP contribution is 2.29. The van der Waals surface area contributed by atoms with Crippen LogP contribution < -0.4 is 0 Å². The number of hydrogen-bond acceptors (Lipinski definition) is 2. The van der Waals surface area contributed by atoms with Gasteiger partial charge in [0.05, 0.1) is 0 Å². The van der Waals surface area contributed by atoms with Crippen molar-refractivity contribution in [3.05, 3.63) is 0 Å². The van der Waals surface area contributed by atoms with Crippen LogP contribution in [0.25, 0.3) is 0 Å². The first-order chi connectivity index (χ1) is 6.77. The van der Waals surface area contributed by atoms with E-state index in [-0.39, 0.29) is 0 Å². The van der Waals surface area contributed by atoms with Gasteiger partial charge < -0.3 is 14.7 Å². The van der Waals surface area contributed by atoms with Crippen LogP contribution >= 0.6 is 0 Å². The molecule has 1 amide bonds. The number of amides is 1. The Labute approximate surface area is 83.8 Å². The summed E-state index contributed by atoms with van der Waals surface area (Å²) in [5.74, 6) is 0.514. The molecule has 80 valence electrons. The lowest BCUT2D eigenvalue weighted by molar-refractivity contribution is 0.0509. The fraction of sp³-hybridized carbons (Fsp3) is 0.900. The third-order valence-corrected chi connectivity index (χ3v) is 3.03. The van der Waals surface area contributed by atoms with Gasteiger partial charge in [0.2, 0.25) is 0 Å². The van der Waals surface area contributed by atoms with Gasteiger partial charge in [0.15, 0.2) is 0 Å². The zero-order valence-corrected chi connectivity index (χ0v) is 8.32. The molecule has 1 saturated heterocycles. The van der Waals surface area contributed by atoms with Gasteiger partial charge in [0.1, 0.15) is 0 Å². The van der Waals surface area contributed by atoms with Gasteiger partial charge in [0.25, 0.3) is 0 Å². The Kier molecular flexibility index (Phi) is 2.91. The summed E-state index contributed by atoms with van der Waals surface area (Å²) in [5, 5.41) is 9.01. The highest BCUT2D eigenvalue weighted by molar-refractivity contribution is 5.65. The first kappa shape index (κ1) is 9.77. The highest BCUT2D eigenvalue weighted by Gasteiger charge is 2.34. The summed E-state index contributed by atoms with van der Waals surface area (Å²) in [6.45, 7) is 2.30. The van der Waals surface area contributed by atoms with Crippen LogP contribution in [0, 0.1) is 5.92 Å². The highest BCUT2D eigenvalue weighted by atomic mass is 16.5. The molecule has 1 aliphatic heterocycles. The minimum Gasteiger partial charge on any atom is -0.465 e. The molecule has 2 rings (SSSR count). The molecule has 4 heteroatoms. The van der Waals surface area contributed by atoms with E-state index in [1.807, 2.05) is 0 Å². The van der Waals surface area contributed by atoms with Crippen molar-refractivity contribution >= 4 is 6.09 Å². The van der Waals surface area contributed by atoms with Crippen LogP contribution in [0.4, 0.5) is 4.79 Å². The smallest absolute Gasteiger partial charge is 0.407 e. The predicted molar refractivity (Wildman–Crippen MR) is 51.3 cm³/mol. The van der Waals surface area contributed by atoms with Gasteiger partial charge in [-0.2, -0.15) is 0 Å². The molecule has 2 aliphatic rings. The Morgan fingerprint density at radius 1 is 1.29 bits per heavy atom. The van der Waals surface area contributed by atoms with Crippen LogP contribution in [0.1, 0.15) is 25.7 Å². The van der Waals surface area contributed by atoms with Crippen LogP contribution in [-0.2, 0) is 4.74 Å². The van der Waals surface area contributed by atoms with Crippen molar-refractivity contribution in [2.45, 2.75) is 31.7 Å². The first-order valence-electron chi connectivity index (χ1n) is 5.34. The van der Waals surface area contributed by atoms with E-state index < -0.39 is 6.09 Å². The van der Waals surface area contributed by atoms with Gasteiger partial charge in [-0.1, -0.05) is 0 Å². The number of carboxylic acid groups (broad SMARTS) is 1. The summed E-state index contributed by atoms with van der Waals surface area (Å²) in [6.07, 6.45) is 3.37. The Morgan fingerprint density at radius 2 is 1.93 bits per heavy atom. The van der Waals surface area contributed by atoms with Gasteiger partial charge >= 0.3 is 6.09 Å². The van der Waals surface area contributed by atoms with E-state index in [2.05, 4.69) is 0 Å². The van der Waals surface area contributed by atoms with E-state index in [1.165, 1.54) is 0 Å². The van der Waals surface area contributed by atoms with Gasteiger partial charge in [-0.15, -0.1) is 0 Å². The predicted octanol–water partition coefficient (Wildman–Crippen LogP) is 1.56. The molecule has 0 atom stereocenters. The van der Waals surface area contributed by atoms with Crippen molar-refractivity contribution in [1.29, 1.82) is 0 Å². The normalized spacial score (nSPS) is 23.4. The first-order valence-corrected chi connectivity index (χ1v) is 5.34. The maximum absolute atomic E-state index is 10.9. The van der Waals surface area contributed by atoms with E-state index >= 15 is 0 Å². The van der Waals surface area contributed by atoms with Gasteiger partial charge in [0, 0.05) is 25.8 Å². The summed E-state index contributed by atoms with van der Waals surface area (Å²) in [4.78, 5) is 12.6. The topological polar surface area (TPSA) is 49.8 Å². The molecule has 0 spiro atoms. The van der Waals surface area contributed by atoms with Crippen molar-refractivity contribution < 1.29 is 14.6 Å². The standard InChI is InChI=1S/C10H17NO3/c12-10(13)11(9-1-2-9)7-8-3-5-14-6-4-8/h8-9H,1-7H2,(H,12,13). The number of hydrogen-bond donors (Lipinski definition) is 1. The molecule has 14 heavy (non-hydrogen) atoms. The summed E-state index contributed by atoms with van der Waals surface area (Å²) in [5.41, 5.74) is 0. The lowest BCUT2D eigenvalue weighted by Crippen LogP contribution is -2.37. The maximum atomic E-state index is 10.9. The number of nitrogens with zero attached hydrogens (tertiary/aromatic N) is 1. The molecule has 2 fully saturated rings. The zero-order valence-electron chi connectivity index (χ0n) is 8.32. The van der Waals surface area contributed by atoms with Crippen LogP contribution in [0.2, 0.25) is 0 Å². The van der Waals surface area contributed by atoms with Crippen LogP contribution in [-0.4, -0.2) is 41.9 Å². The average Bonchev–Trinajstić information content (AvgIpc) is 2.99. The Bertz CT molecular complexity index is 209. The van der Waals surface area contributed by atoms with E-state index in [1.54, 1.807) is 4.90 Å². The average molecular weight is 199 g/mol. The van der Waals surface area contributed by atoms with E-state index in [0.29, 0.717) is 18.5 Å². The van der Waals surface area contributed by atoms with Crippen molar-refractivity contribution in [2.75, 3.05) is 19.8 Å². The second-order valence-corrected chi connectivity index (χ2v) is 4.22. The Hall–Kier alpha value is -0.770. The molecule has 0 aromatic carbocycles. The largest absolute Gasteiger partial charge is 0.465 e. The van der Waals surface area contributed by atoms with Crippen LogP contribution in [0.3, 0.4) is 0 Å². The van der Waals surface area contributed by atoms with Crippen molar-refractivity contribution in [3.63, 3.8) is 0 Å². The lowest BCUT2D eigenvalue weighted by atomic mass is 10.00. The minimum atomic E-state index is -0.751. The van der Waals surface area contributed by atoms with Gasteiger partial charge in [-0.25, -0.2) is 4.79 Å². The molecule has 0 aromatic rings. The third kappa shape index (κ3) is 2.38. The molecular formula is C10H17NO3. The summed E-state index contributed by atoms with van der Waals surface area (Å²) in [7, 11) is 0. The molecule has 4 nitrogen and oxygen atoms in total. The quantitative estimate of drug-likeness (QED) is 0.750. The molecule has 0 aromatic heterocycles. The fourth-order valence-corrected chi connectivity index (χ4v) is 1.98. The maximum Gasteiger partial charge on any atom is 0.407 e. The number of ether oxygens (including phenoxy) is 1. The number of carbonyl (C=O) groups is 1. The zero-order chi connectivity index (χ0) is 9.97. The van der Waals surface area contributed by atoms with Crippen LogP contribution in [0.5, 0.6) is 0 Å². The molecule has 1 aliphatic carbocycles. The number of rotatable bonds is 3. The lowest BCUT2D eigenvalue weighted by Gasteiger charge is -2.27. The molecule has 0 radical (unpaired) electrons. The second kappa shape index (κ2) is 4.17. The molecular weight excluding hydrogens is 182 g/mol. The summed E-state index contributed by atoms with van der Waals surface area (Å²) in [6, 6.07) is 0.315.